The molecule has 0 spiro atoms. The quantitative estimate of drug-likeness (QED) is 0.433. The molecule has 0 aliphatic carbocycles. The van der Waals surface area contributed by atoms with E-state index in [1.165, 1.54) is 62.4 Å². The summed E-state index contributed by atoms with van der Waals surface area (Å²) < 4.78 is 20.1. The van der Waals surface area contributed by atoms with E-state index < -0.39 is 36.1 Å². The molecule has 10 heteroatoms. The Morgan fingerprint density at radius 1 is 0.656 bits per heavy atom. The van der Waals surface area contributed by atoms with Crippen molar-refractivity contribution in [2.75, 3.05) is 13.2 Å². The van der Waals surface area contributed by atoms with Crippen LogP contribution in [0, 0.1) is 0 Å². The maximum Gasteiger partial charge on any atom is 0.352 e. The van der Waals surface area contributed by atoms with Crippen LogP contribution in [0.2, 0.25) is 0 Å². The van der Waals surface area contributed by atoms with Crippen LogP contribution in [-0.4, -0.2) is 59.5 Å². The highest BCUT2D eigenvalue weighted by atomic mass is 16.6. The van der Waals surface area contributed by atoms with Crippen molar-refractivity contribution in [3.8, 4) is 11.5 Å². The number of esters is 4. The van der Waals surface area contributed by atoms with E-state index in [1.54, 1.807) is 0 Å². The van der Waals surface area contributed by atoms with Gasteiger partial charge in [0.25, 0.3) is 0 Å². The summed E-state index contributed by atoms with van der Waals surface area (Å²) in [4.78, 5) is 50.1. The maximum absolute atomic E-state index is 12.5. The summed E-state index contributed by atoms with van der Waals surface area (Å²) in [6.45, 7) is 2.79. The summed E-state index contributed by atoms with van der Waals surface area (Å²) in [6.07, 6.45) is -3.92. The molecule has 10 nitrogen and oxygen atoms in total. The van der Waals surface area contributed by atoms with E-state index >= 15 is 0 Å². The van der Waals surface area contributed by atoms with Crippen LogP contribution >= 0.6 is 0 Å². The third-order valence-electron chi connectivity index (χ3n) is 3.99. The van der Waals surface area contributed by atoms with Gasteiger partial charge in [-0.25, -0.2) is 19.2 Å². The number of carbonyl (C=O) groups excluding carboxylic acids is 4. The molecule has 0 saturated heterocycles. The number of aromatic hydroxyl groups is 2. The van der Waals surface area contributed by atoms with Gasteiger partial charge < -0.3 is 29.2 Å². The zero-order valence-corrected chi connectivity index (χ0v) is 17.3. The second kappa shape index (κ2) is 11.3. The third-order valence-corrected chi connectivity index (χ3v) is 3.99. The van der Waals surface area contributed by atoms with Crippen LogP contribution in [-0.2, 0) is 28.5 Å². The van der Waals surface area contributed by atoms with E-state index in [1.807, 2.05) is 0 Å². The molecule has 2 atom stereocenters. The molecule has 0 radical (unpaired) electrons. The molecule has 0 amide bonds. The number of rotatable bonds is 9. The minimum absolute atomic E-state index is 0.0374. The molecule has 0 aliphatic heterocycles. The maximum atomic E-state index is 12.5. The van der Waals surface area contributed by atoms with Gasteiger partial charge in [-0.15, -0.1) is 0 Å². The van der Waals surface area contributed by atoms with E-state index in [0.717, 1.165) is 0 Å². The predicted molar refractivity (Wildman–Crippen MR) is 108 cm³/mol. The average molecular weight is 446 g/mol. The standard InChI is InChI=1S/C22H22O10/c1-3-29-21(27)17(31-19(25)13-5-9-15(23)10-6-13)18(22(28)30-4-2)32-20(26)14-7-11-16(24)12-8-14/h5-12,17-18,23-24H,3-4H2,1-2H3/t17-,18-/m0/s1. The lowest BCUT2D eigenvalue weighted by molar-refractivity contribution is -0.173. The van der Waals surface area contributed by atoms with Gasteiger partial charge in [-0.1, -0.05) is 0 Å². The average Bonchev–Trinajstić information content (AvgIpc) is 2.77. The number of hydrogen-bond acceptors (Lipinski definition) is 10. The summed E-state index contributed by atoms with van der Waals surface area (Å²) in [7, 11) is 0. The van der Waals surface area contributed by atoms with Crippen molar-refractivity contribution in [2.24, 2.45) is 0 Å². The number of hydrogen-bond donors (Lipinski definition) is 2. The fourth-order valence-corrected chi connectivity index (χ4v) is 2.48. The first-order valence-electron chi connectivity index (χ1n) is 9.60. The number of phenols is 2. The van der Waals surface area contributed by atoms with Crippen LogP contribution in [0.4, 0.5) is 0 Å². The molecule has 2 aromatic carbocycles. The van der Waals surface area contributed by atoms with Crippen LogP contribution in [0.3, 0.4) is 0 Å². The van der Waals surface area contributed by atoms with Gasteiger partial charge >= 0.3 is 23.9 Å². The van der Waals surface area contributed by atoms with E-state index in [-0.39, 0.29) is 35.8 Å². The topological polar surface area (TPSA) is 146 Å². The molecular weight excluding hydrogens is 424 g/mol. The van der Waals surface area contributed by atoms with Crippen molar-refractivity contribution in [1.29, 1.82) is 0 Å². The zero-order chi connectivity index (χ0) is 23.7. The van der Waals surface area contributed by atoms with Crippen molar-refractivity contribution >= 4 is 23.9 Å². The molecule has 0 bridgehead atoms. The molecule has 0 fully saturated rings. The predicted octanol–water partition coefficient (Wildman–Crippen LogP) is 1.97. The zero-order valence-electron chi connectivity index (χ0n) is 17.3. The molecule has 0 saturated carbocycles. The second-order valence-corrected chi connectivity index (χ2v) is 6.25. The first-order valence-corrected chi connectivity index (χ1v) is 9.60. The lowest BCUT2D eigenvalue weighted by Crippen LogP contribution is -2.47. The molecule has 0 aromatic heterocycles. The summed E-state index contributed by atoms with van der Waals surface area (Å²) in [6, 6.07) is 9.85. The molecule has 2 aromatic rings. The summed E-state index contributed by atoms with van der Waals surface area (Å²) in [5.41, 5.74) is -0.0749. The molecule has 2 N–H and O–H groups in total. The molecule has 0 heterocycles. The van der Waals surface area contributed by atoms with Gasteiger partial charge in [0.2, 0.25) is 12.2 Å². The Labute approximate surface area is 183 Å². The van der Waals surface area contributed by atoms with E-state index in [0.29, 0.717) is 0 Å². The van der Waals surface area contributed by atoms with E-state index in [9.17, 15) is 29.4 Å². The Kier molecular flexibility index (Phi) is 8.58. The normalized spacial score (nSPS) is 12.2. The lowest BCUT2D eigenvalue weighted by Gasteiger charge is -2.24. The first-order chi connectivity index (χ1) is 15.3. The van der Waals surface area contributed by atoms with E-state index in [4.69, 9.17) is 18.9 Å². The van der Waals surface area contributed by atoms with Crippen molar-refractivity contribution in [2.45, 2.75) is 26.1 Å². The second-order valence-electron chi connectivity index (χ2n) is 6.25. The van der Waals surface area contributed by atoms with Gasteiger partial charge in [0.15, 0.2) is 0 Å². The van der Waals surface area contributed by atoms with Crippen molar-refractivity contribution in [3.63, 3.8) is 0 Å². The van der Waals surface area contributed by atoms with E-state index in [2.05, 4.69) is 0 Å². The monoisotopic (exact) mass is 446 g/mol. The molecular formula is C22H22O10. The Morgan fingerprint density at radius 3 is 1.25 bits per heavy atom. The summed E-state index contributed by atoms with van der Waals surface area (Å²) in [5.74, 6) is -4.52. The largest absolute Gasteiger partial charge is 0.508 e. The third kappa shape index (κ3) is 6.46. The van der Waals surface area contributed by atoms with Crippen molar-refractivity contribution < 1.29 is 48.3 Å². The summed E-state index contributed by atoms with van der Waals surface area (Å²) in [5, 5.41) is 18.7. The van der Waals surface area contributed by atoms with Crippen LogP contribution < -0.4 is 0 Å². The van der Waals surface area contributed by atoms with Gasteiger partial charge in [-0.2, -0.15) is 0 Å². The molecule has 0 aliphatic rings. The Bertz CT molecular complexity index is 870. The summed E-state index contributed by atoms with van der Waals surface area (Å²) >= 11 is 0. The lowest BCUT2D eigenvalue weighted by atomic mass is 10.1. The molecule has 2 rings (SSSR count). The van der Waals surface area contributed by atoms with Crippen LogP contribution in [0.15, 0.2) is 48.5 Å². The van der Waals surface area contributed by atoms with Gasteiger partial charge in [0.1, 0.15) is 11.5 Å². The van der Waals surface area contributed by atoms with Crippen LogP contribution in [0.1, 0.15) is 34.6 Å². The SMILES string of the molecule is CCOC(=O)[C@@H](OC(=O)c1ccc(O)cc1)[C@H](OC(=O)c1ccc(O)cc1)C(=O)OCC. The number of carbonyl (C=O) groups is 4. The number of benzene rings is 2. The Balaban J connectivity index is 2.35. The van der Waals surface area contributed by atoms with Gasteiger partial charge in [-0.05, 0) is 62.4 Å². The fourth-order valence-electron chi connectivity index (χ4n) is 2.48. The minimum atomic E-state index is -1.96. The first kappa shape index (κ1) is 24.2. The van der Waals surface area contributed by atoms with Gasteiger partial charge in [0, 0.05) is 0 Å². The fraction of sp³-hybridized carbons (Fsp3) is 0.273. The van der Waals surface area contributed by atoms with Crippen molar-refractivity contribution in [3.05, 3.63) is 59.7 Å². The highest BCUT2D eigenvalue weighted by Crippen LogP contribution is 2.18. The minimum Gasteiger partial charge on any atom is -0.508 e. The Hall–Kier alpha value is -4.08. The number of phenolic OH excluding ortho intramolecular Hbond substituents is 2. The highest BCUT2D eigenvalue weighted by molar-refractivity contribution is 5.96. The van der Waals surface area contributed by atoms with Crippen molar-refractivity contribution in [1.82, 2.24) is 0 Å². The highest BCUT2D eigenvalue weighted by Gasteiger charge is 2.43. The van der Waals surface area contributed by atoms with Crippen LogP contribution in [0.25, 0.3) is 0 Å². The number of ether oxygens (including phenoxy) is 4. The Morgan fingerprint density at radius 2 is 0.969 bits per heavy atom. The van der Waals surface area contributed by atoms with Crippen LogP contribution in [0.5, 0.6) is 11.5 Å². The van der Waals surface area contributed by atoms with Gasteiger partial charge in [-0.3, -0.25) is 0 Å². The van der Waals surface area contributed by atoms with Gasteiger partial charge in [0.05, 0.1) is 24.3 Å². The molecule has 32 heavy (non-hydrogen) atoms. The molecule has 170 valence electrons. The smallest absolute Gasteiger partial charge is 0.352 e. The molecule has 0 unspecified atom stereocenters.